The molecule has 0 aromatic heterocycles. The predicted octanol–water partition coefficient (Wildman–Crippen LogP) is 3.20. The highest BCUT2D eigenvalue weighted by Crippen LogP contribution is 2.23. The first-order chi connectivity index (χ1) is 11.3. The van der Waals surface area contributed by atoms with Crippen molar-refractivity contribution in [3.8, 4) is 0 Å². The zero-order chi connectivity index (χ0) is 17.9. The van der Waals surface area contributed by atoms with Crippen LogP contribution >= 0.6 is 11.6 Å². The number of carbonyl (C=O) groups excluding carboxylic acids is 2. The number of anilines is 1. The first-order valence-corrected chi connectivity index (χ1v) is 7.24. The summed E-state index contributed by atoms with van der Waals surface area (Å²) in [5.74, 6) is -0.719. The van der Waals surface area contributed by atoms with E-state index in [2.05, 4.69) is 5.32 Å². The van der Waals surface area contributed by atoms with Crippen molar-refractivity contribution in [1.82, 2.24) is 4.90 Å². The fourth-order valence-corrected chi connectivity index (χ4v) is 2.25. The molecule has 0 spiro atoms. The van der Waals surface area contributed by atoms with Crippen molar-refractivity contribution in [2.24, 2.45) is 0 Å². The van der Waals surface area contributed by atoms with Crippen molar-refractivity contribution in [2.75, 3.05) is 19.4 Å². The number of amides is 2. The van der Waals surface area contributed by atoms with Gasteiger partial charge in [0.25, 0.3) is 17.5 Å². The van der Waals surface area contributed by atoms with Gasteiger partial charge in [0.15, 0.2) is 0 Å². The van der Waals surface area contributed by atoms with Gasteiger partial charge in [-0.15, -0.1) is 0 Å². The Bertz CT molecular complexity index is 821. The van der Waals surface area contributed by atoms with Gasteiger partial charge in [0, 0.05) is 37.5 Å². The minimum absolute atomic E-state index is 0.0257. The van der Waals surface area contributed by atoms with Crippen LogP contribution < -0.4 is 5.32 Å². The summed E-state index contributed by atoms with van der Waals surface area (Å²) in [6.07, 6.45) is 0. The summed E-state index contributed by atoms with van der Waals surface area (Å²) in [6.45, 7) is 0. The molecular weight excluding hydrogens is 334 g/mol. The third-order valence-corrected chi connectivity index (χ3v) is 3.49. The first-order valence-electron chi connectivity index (χ1n) is 6.86. The van der Waals surface area contributed by atoms with Crippen molar-refractivity contribution in [1.29, 1.82) is 0 Å². The Morgan fingerprint density at radius 3 is 2.46 bits per heavy atom. The molecule has 2 rings (SSSR count). The summed E-state index contributed by atoms with van der Waals surface area (Å²) in [5, 5.41) is 13.3. The van der Waals surface area contributed by atoms with Gasteiger partial charge in [0.1, 0.15) is 0 Å². The summed E-state index contributed by atoms with van der Waals surface area (Å²) in [4.78, 5) is 35.7. The second kappa shape index (κ2) is 7.10. The number of carbonyl (C=O) groups is 2. The lowest BCUT2D eigenvalue weighted by Gasteiger charge is -2.12. The maximum atomic E-state index is 12.3. The molecule has 0 saturated carbocycles. The molecule has 1 N–H and O–H groups in total. The topological polar surface area (TPSA) is 92.6 Å². The minimum Gasteiger partial charge on any atom is -0.345 e. The van der Waals surface area contributed by atoms with Crippen LogP contribution in [-0.4, -0.2) is 35.7 Å². The predicted molar refractivity (Wildman–Crippen MR) is 90.5 cm³/mol. The fourth-order valence-electron chi connectivity index (χ4n) is 1.99. The Balaban J connectivity index is 2.23. The zero-order valence-corrected chi connectivity index (χ0v) is 13.7. The molecule has 2 aromatic carbocycles. The minimum atomic E-state index is -0.593. The first kappa shape index (κ1) is 17.4. The van der Waals surface area contributed by atoms with Crippen molar-refractivity contribution in [2.45, 2.75) is 0 Å². The molecule has 24 heavy (non-hydrogen) atoms. The highest BCUT2D eigenvalue weighted by Gasteiger charge is 2.16. The van der Waals surface area contributed by atoms with Gasteiger partial charge < -0.3 is 10.2 Å². The Labute approximate surface area is 143 Å². The quantitative estimate of drug-likeness (QED) is 0.679. The summed E-state index contributed by atoms with van der Waals surface area (Å²) < 4.78 is 0. The third-order valence-electron chi connectivity index (χ3n) is 3.18. The van der Waals surface area contributed by atoms with Crippen LogP contribution in [0, 0.1) is 10.1 Å². The third kappa shape index (κ3) is 3.88. The normalized spacial score (nSPS) is 10.1. The Hall–Kier alpha value is -2.93. The molecule has 2 aromatic rings. The Kier molecular flexibility index (Phi) is 5.15. The van der Waals surface area contributed by atoms with Crippen LogP contribution in [0.4, 0.5) is 11.4 Å². The maximum Gasteiger partial charge on any atom is 0.270 e. The van der Waals surface area contributed by atoms with Gasteiger partial charge in [-0.1, -0.05) is 17.7 Å². The average molecular weight is 348 g/mol. The van der Waals surface area contributed by atoms with E-state index < -0.39 is 10.8 Å². The number of nitrogens with one attached hydrogen (secondary N) is 1. The molecule has 0 heterocycles. The number of halogens is 1. The standard InChI is InChI=1S/C16H14ClN3O4/c1-19(2)16(22)10-4-3-5-11(8-10)18-15(21)13-7-6-12(20(23)24)9-14(13)17/h3-9H,1-2H3,(H,18,21). The smallest absolute Gasteiger partial charge is 0.270 e. The molecule has 0 aliphatic rings. The van der Waals surface area contributed by atoms with E-state index >= 15 is 0 Å². The molecule has 0 saturated heterocycles. The van der Waals surface area contributed by atoms with Crippen LogP contribution in [0.2, 0.25) is 5.02 Å². The summed E-state index contributed by atoms with van der Waals surface area (Å²) in [6, 6.07) is 10.0. The van der Waals surface area contributed by atoms with Crippen LogP contribution in [0.25, 0.3) is 0 Å². The number of non-ortho nitro benzene ring substituents is 1. The Morgan fingerprint density at radius 1 is 1.17 bits per heavy atom. The molecule has 2 amide bonds. The molecular formula is C16H14ClN3O4. The fraction of sp³-hybridized carbons (Fsp3) is 0.125. The monoisotopic (exact) mass is 347 g/mol. The molecule has 7 nitrogen and oxygen atoms in total. The van der Waals surface area contributed by atoms with E-state index in [0.717, 1.165) is 6.07 Å². The average Bonchev–Trinajstić information content (AvgIpc) is 2.53. The molecule has 8 heteroatoms. The van der Waals surface area contributed by atoms with E-state index in [1.165, 1.54) is 17.0 Å². The number of rotatable bonds is 4. The van der Waals surface area contributed by atoms with Crippen molar-refractivity contribution >= 4 is 34.8 Å². The van der Waals surface area contributed by atoms with Crippen molar-refractivity contribution < 1.29 is 14.5 Å². The van der Waals surface area contributed by atoms with E-state index in [1.54, 1.807) is 38.4 Å². The number of nitro benzene ring substituents is 1. The summed E-state index contributed by atoms with van der Waals surface area (Å²) in [7, 11) is 3.26. The van der Waals surface area contributed by atoms with E-state index in [4.69, 9.17) is 11.6 Å². The van der Waals surface area contributed by atoms with Gasteiger partial charge in [-0.25, -0.2) is 0 Å². The second-order valence-electron chi connectivity index (χ2n) is 5.16. The van der Waals surface area contributed by atoms with Gasteiger partial charge in [-0.3, -0.25) is 19.7 Å². The SMILES string of the molecule is CN(C)C(=O)c1cccc(NC(=O)c2ccc([N+](=O)[O-])cc2Cl)c1. The van der Waals surface area contributed by atoms with Gasteiger partial charge in [-0.2, -0.15) is 0 Å². The largest absolute Gasteiger partial charge is 0.345 e. The van der Waals surface area contributed by atoms with Crippen LogP contribution in [-0.2, 0) is 0 Å². The van der Waals surface area contributed by atoms with E-state index in [-0.39, 0.29) is 22.2 Å². The highest BCUT2D eigenvalue weighted by atomic mass is 35.5. The van der Waals surface area contributed by atoms with Gasteiger partial charge in [0.2, 0.25) is 0 Å². The molecule has 0 aliphatic heterocycles. The lowest BCUT2D eigenvalue weighted by molar-refractivity contribution is -0.384. The number of benzene rings is 2. The number of hydrogen-bond acceptors (Lipinski definition) is 4. The second-order valence-corrected chi connectivity index (χ2v) is 5.56. The molecule has 0 unspecified atom stereocenters. The molecule has 0 bridgehead atoms. The van der Waals surface area contributed by atoms with Crippen molar-refractivity contribution in [3.63, 3.8) is 0 Å². The maximum absolute atomic E-state index is 12.3. The van der Waals surface area contributed by atoms with E-state index in [9.17, 15) is 19.7 Å². The zero-order valence-electron chi connectivity index (χ0n) is 12.9. The molecule has 0 aliphatic carbocycles. The van der Waals surface area contributed by atoms with Crippen LogP contribution in [0.1, 0.15) is 20.7 Å². The van der Waals surface area contributed by atoms with Crippen LogP contribution in [0.15, 0.2) is 42.5 Å². The molecule has 124 valence electrons. The van der Waals surface area contributed by atoms with E-state index in [0.29, 0.717) is 11.3 Å². The van der Waals surface area contributed by atoms with Gasteiger partial charge >= 0.3 is 0 Å². The number of nitrogens with zero attached hydrogens (tertiary/aromatic N) is 2. The highest BCUT2D eigenvalue weighted by molar-refractivity contribution is 6.34. The van der Waals surface area contributed by atoms with E-state index in [1.807, 2.05) is 0 Å². The molecule has 0 radical (unpaired) electrons. The van der Waals surface area contributed by atoms with Crippen LogP contribution in [0.3, 0.4) is 0 Å². The summed E-state index contributed by atoms with van der Waals surface area (Å²) >= 11 is 5.93. The lowest BCUT2D eigenvalue weighted by Crippen LogP contribution is -2.22. The number of nitro groups is 1. The lowest BCUT2D eigenvalue weighted by atomic mass is 10.1. The Morgan fingerprint density at radius 2 is 1.88 bits per heavy atom. The summed E-state index contributed by atoms with van der Waals surface area (Å²) in [5.41, 5.74) is 0.747. The molecule has 0 atom stereocenters. The van der Waals surface area contributed by atoms with Crippen LogP contribution in [0.5, 0.6) is 0 Å². The van der Waals surface area contributed by atoms with Gasteiger partial charge in [-0.05, 0) is 24.3 Å². The molecule has 0 fully saturated rings. The van der Waals surface area contributed by atoms with Gasteiger partial charge in [0.05, 0.1) is 15.5 Å². The van der Waals surface area contributed by atoms with Crippen molar-refractivity contribution in [3.05, 3.63) is 68.7 Å². The number of hydrogen-bond donors (Lipinski definition) is 1.